The predicted octanol–water partition coefficient (Wildman–Crippen LogP) is 2.99. The molecule has 2 N–H and O–H groups in total. The zero-order chi connectivity index (χ0) is 11.8. The van der Waals surface area contributed by atoms with Gasteiger partial charge >= 0.3 is 0 Å². The van der Waals surface area contributed by atoms with Gasteiger partial charge in [-0.25, -0.2) is 15.0 Å². The summed E-state index contributed by atoms with van der Waals surface area (Å²) in [4.78, 5) is 13.6. The molecule has 0 saturated heterocycles. The van der Waals surface area contributed by atoms with Gasteiger partial charge in [0.2, 0.25) is 0 Å². The van der Waals surface area contributed by atoms with Crippen molar-refractivity contribution in [3.63, 3.8) is 0 Å². The van der Waals surface area contributed by atoms with E-state index >= 15 is 0 Å². The van der Waals surface area contributed by atoms with Gasteiger partial charge in [0.1, 0.15) is 5.01 Å². The molecule has 6 heteroatoms. The lowest BCUT2D eigenvalue weighted by Crippen LogP contribution is -1.86. The Balaban J connectivity index is 2.17. The Labute approximate surface area is 106 Å². The first kappa shape index (κ1) is 10.4. The van der Waals surface area contributed by atoms with E-state index in [4.69, 9.17) is 17.3 Å². The quantitative estimate of drug-likeness (QED) is 0.685. The Morgan fingerprint density at radius 3 is 2.76 bits per heavy atom. The van der Waals surface area contributed by atoms with Crippen molar-refractivity contribution in [2.24, 2.45) is 0 Å². The van der Waals surface area contributed by atoms with Crippen LogP contribution in [0.15, 0.2) is 30.6 Å². The average Bonchev–Trinajstić information content (AvgIpc) is 2.76. The fraction of sp³-hybridized carbons (Fsp3) is 0. The van der Waals surface area contributed by atoms with Gasteiger partial charge in [-0.1, -0.05) is 29.0 Å². The van der Waals surface area contributed by atoms with Gasteiger partial charge in [0.25, 0.3) is 0 Å². The summed E-state index contributed by atoms with van der Waals surface area (Å²) in [7, 11) is 0. The molecule has 1 aromatic carbocycles. The Hall–Kier alpha value is -1.72. The molecule has 0 aliphatic heterocycles. The molecule has 0 saturated carbocycles. The SMILES string of the molecule is Nc1cc(-c2nc3nccnc3s2)ccc1Cl. The first-order valence-electron chi connectivity index (χ1n) is 4.87. The Bertz CT molecular complexity index is 662. The van der Waals surface area contributed by atoms with E-state index in [0.29, 0.717) is 16.4 Å². The topological polar surface area (TPSA) is 64.7 Å². The Kier molecular flexibility index (Phi) is 2.42. The van der Waals surface area contributed by atoms with Crippen LogP contribution >= 0.6 is 22.9 Å². The molecule has 0 aliphatic rings. The second-order valence-corrected chi connectivity index (χ2v) is 4.83. The lowest BCUT2D eigenvalue weighted by molar-refractivity contribution is 1.26. The highest BCUT2D eigenvalue weighted by atomic mass is 35.5. The number of thiazole rings is 1. The zero-order valence-electron chi connectivity index (χ0n) is 8.59. The highest BCUT2D eigenvalue weighted by Gasteiger charge is 2.08. The summed E-state index contributed by atoms with van der Waals surface area (Å²) in [6, 6.07) is 5.45. The average molecular weight is 263 g/mol. The number of nitrogen functional groups attached to an aromatic ring is 1. The summed E-state index contributed by atoms with van der Waals surface area (Å²) >= 11 is 7.36. The van der Waals surface area contributed by atoms with Gasteiger partial charge in [0, 0.05) is 18.0 Å². The molecule has 3 rings (SSSR count). The van der Waals surface area contributed by atoms with E-state index in [1.807, 2.05) is 6.07 Å². The smallest absolute Gasteiger partial charge is 0.190 e. The zero-order valence-corrected chi connectivity index (χ0v) is 10.2. The number of fused-ring (bicyclic) bond motifs is 1. The van der Waals surface area contributed by atoms with E-state index in [-0.39, 0.29) is 0 Å². The molecule has 0 unspecified atom stereocenters. The largest absolute Gasteiger partial charge is 0.398 e. The van der Waals surface area contributed by atoms with Crippen LogP contribution in [0.25, 0.3) is 21.0 Å². The van der Waals surface area contributed by atoms with Crippen LogP contribution in [0, 0.1) is 0 Å². The van der Waals surface area contributed by atoms with Gasteiger partial charge < -0.3 is 5.73 Å². The minimum absolute atomic E-state index is 0.546. The molecule has 17 heavy (non-hydrogen) atoms. The molecule has 84 valence electrons. The van der Waals surface area contributed by atoms with Crippen LogP contribution < -0.4 is 5.73 Å². The van der Waals surface area contributed by atoms with Crippen LogP contribution in [-0.4, -0.2) is 15.0 Å². The van der Waals surface area contributed by atoms with Gasteiger partial charge in [0.15, 0.2) is 10.5 Å². The standard InChI is InChI=1S/C11H7ClN4S/c12-7-2-1-6(5-8(7)13)10-16-9-11(17-10)15-4-3-14-9/h1-5H,13H2. The number of hydrogen-bond acceptors (Lipinski definition) is 5. The maximum Gasteiger partial charge on any atom is 0.190 e. The van der Waals surface area contributed by atoms with Crippen molar-refractivity contribution in [1.82, 2.24) is 15.0 Å². The van der Waals surface area contributed by atoms with Crippen molar-refractivity contribution >= 4 is 39.1 Å². The number of benzene rings is 1. The summed E-state index contributed by atoms with van der Waals surface area (Å²) in [5.41, 5.74) is 7.89. The van der Waals surface area contributed by atoms with Gasteiger partial charge in [-0.05, 0) is 12.1 Å². The molecule has 4 nitrogen and oxygen atoms in total. The minimum Gasteiger partial charge on any atom is -0.398 e. The number of nitrogens with zero attached hydrogens (tertiary/aromatic N) is 3. The molecule has 2 aromatic heterocycles. The van der Waals surface area contributed by atoms with Crippen molar-refractivity contribution in [3.8, 4) is 10.6 Å². The molecule has 0 fully saturated rings. The fourth-order valence-corrected chi connectivity index (χ4v) is 2.46. The summed E-state index contributed by atoms with van der Waals surface area (Å²) in [5.74, 6) is 0. The minimum atomic E-state index is 0.546. The molecular weight excluding hydrogens is 256 g/mol. The van der Waals surface area contributed by atoms with E-state index in [0.717, 1.165) is 15.4 Å². The third-order valence-corrected chi connectivity index (χ3v) is 3.64. The molecule has 3 aromatic rings. The van der Waals surface area contributed by atoms with Crippen LogP contribution in [0.1, 0.15) is 0 Å². The van der Waals surface area contributed by atoms with Gasteiger partial charge in [-0.3, -0.25) is 0 Å². The Morgan fingerprint density at radius 2 is 2.00 bits per heavy atom. The number of aromatic nitrogens is 3. The molecule has 0 bridgehead atoms. The van der Waals surface area contributed by atoms with Crippen LogP contribution in [0.3, 0.4) is 0 Å². The van der Waals surface area contributed by atoms with Crippen molar-refractivity contribution in [3.05, 3.63) is 35.6 Å². The third-order valence-electron chi connectivity index (χ3n) is 2.29. The van der Waals surface area contributed by atoms with E-state index in [2.05, 4.69) is 15.0 Å². The van der Waals surface area contributed by atoms with E-state index in [1.54, 1.807) is 24.5 Å². The number of anilines is 1. The predicted molar refractivity (Wildman–Crippen MR) is 70.1 cm³/mol. The van der Waals surface area contributed by atoms with E-state index < -0.39 is 0 Å². The number of halogens is 1. The summed E-state index contributed by atoms with van der Waals surface area (Å²) < 4.78 is 0. The van der Waals surface area contributed by atoms with Crippen LogP contribution in [-0.2, 0) is 0 Å². The number of nitrogens with two attached hydrogens (primary N) is 1. The van der Waals surface area contributed by atoms with Crippen LogP contribution in [0.2, 0.25) is 5.02 Å². The Morgan fingerprint density at radius 1 is 1.18 bits per heavy atom. The first-order chi connectivity index (χ1) is 8.24. The van der Waals surface area contributed by atoms with Crippen molar-refractivity contribution in [2.75, 3.05) is 5.73 Å². The molecule has 0 aliphatic carbocycles. The lowest BCUT2D eigenvalue weighted by atomic mass is 10.2. The van der Waals surface area contributed by atoms with Gasteiger partial charge in [0.05, 0.1) is 10.7 Å². The normalized spacial score (nSPS) is 10.9. The van der Waals surface area contributed by atoms with Gasteiger partial charge in [-0.15, -0.1) is 0 Å². The molecule has 0 atom stereocenters. The second-order valence-electron chi connectivity index (χ2n) is 3.44. The summed E-state index contributed by atoms with van der Waals surface area (Å²) in [6.07, 6.45) is 3.28. The highest BCUT2D eigenvalue weighted by molar-refractivity contribution is 7.21. The fourth-order valence-electron chi connectivity index (χ4n) is 1.48. The maximum atomic E-state index is 5.88. The van der Waals surface area contributed by atoms with Crippen LogP contribution in [0.5, 0.6) is 0 Å². The highest BCUT2D eigenvalue weighted by Crippen LogP contribution is 2.31. The second kappa shape index (κ2) is 3.94. The molecule has 0 radical (unpaired) electrons. The van der Waals surface area contributed by atoms with E-state index in [9.17, 15) is 0 Å². The maximum absolute atomic E-state index is 5.88. The lowest BCUT2D eigenvalue weighted by Gasteiger charge is -1.99. The van der Waals surface area contributed by atoms with Crippen molar-refractivity contribution in [1.29, 1.82) is 0 Å². The summed E-state index contributed by atoms with van der Waals surface area (Å²) in [6.45, 7) is 0. The van der Waals surface area contributed by atoms with Crippen molar-refractivity contribution in [2.45, 2.75) is 0 Å². The third kappa shape index (κ3) is 1.83. The van der Waals surface area contributed by atoms with Crippen LogP contribution in [0.4, 0.5) is 5.69 Å². The first-order valence-corrected chi connectivity index (χ1v) is 6.06. The molecular formula is C11H7ClN4S. The monoisotopic (exact) mass is 262 g/mol. The molecule has 0 spiro atoms. The number of rotatable bonds is 1. The summed E-state index contributed by atoms with van der Waals surface area (Å²) in [5, 5.41) is 1.39. The van der Waals surface area contributed by atoms with Gasteiger partial charge in [-0.2, -0.15) is 0 Å². The molecule has 0 amide bonds. The molecule has 2 heterocycles. The van der Waals surface area contributed by atoms with Crippen molar-refractivity contribution < 1.29 is 0 Å². The van der Waals surface area contributed by atoms with E-state index in [1.165, 1.54) is 11.3 Å². The number of hydrogen-bond donors (Lipinski definition) is 1.